The summed E-state index contributed by atoms with van der Waals surface area (Å²) in [6, 6.07) is 0. The number of rotatable bonds is 4. The van der Waals surface area contributed by atoms with Crippen molar-refractivity contribution < 1.29 is 4.74 Å². The summed E-state index contributed by atoms with van der Waals surface area (Å²) in [4.78, 5) is 11.8. The highest BCUT2D eigenvalue weighted by molar-refractivity contribution is 7.19. The third-order valence-electron chi connectivity index (χ3n) is 3.83. The molecule has 2 aromatic heterocycles. The lowest BCUT2D eigenvalue weighted by atomic mass is 10.1. The maximum atomic E-state index is 5.68. The Morgan fingerprint density at radius 3 is 2.75 bits per heavy atom. The molecule has 5 nitrogen and oxygen atoms in total. The molecule has 0 saturated heterocycles. The van der Waals surface area contributed by atoms with E-state index in [1.165, 1.54) is 16.9 Å². The number of fused-ring (bicyclic) bond motifs is 3. The van der Waals surface area contributed by atoms with Gasteiger partial charge in [0.1, 0.15) is 10.9 Å². The van der Waals surface area contributed by atoms with E-state index in [1.807, 2.05) is 0 Å². The number of hydrogen-bond donors (Lipinski definition) is 2. The minimum Gasteiger partial charge on any atom is -0.373 e. The molecule has 3 N–H and O–H groups in total. The van der Waals surface area contributed by atoms with Gasteiger partial charge in [-0.25, -0.2) is 15.8 Å². The summed E-state index contributed by atoms with van der Waals surface area (Å²) in [5.41, 5.74) is 4.12. The monoisotopic (exact) mass is 292 g/mol. The minimum atomic E-state index is -0.108. The standard InChI is InChI=1S/C14H20N4OS/c1-7(2)11(19-3)13-16-12(18-15)10-8-5-4-6-9(8)20-14(10)17-13/h7,11H,4-6,15H2,1-3H3,(H,16,17,18). The number of methoxy groups -OCH3 is 1. The fourth-order valence-electron chi connectivity index (χ4n) is 2.92. The second-order valence-corrected chi connectivity index (χ2v) is 6.60. The highest BCUT2D eigenvalue weighted by atomic mass is 32.1. The predicted octanol–water partition coefficient (Wildman–Crippen LogP) is 2.81. The summed E-state index contributed by atoms with van der Waals surface area (Å²) < 4.78 is 5.53. The quantitative estimate of drug-likeness (QED) is 0.669. The Labute approximate surface area is 122 Å². The Balaban J connectivity index is 2.18. The first-order valence-corrected chi connectivity index (χ1v) is 7.79. The van der Waals surface area contributed by atoms with Crippen LogP contribution in [0.3, 0.4) is 0 Å². The number of nitrogens with zero attached hydrogens (tertiary/aromatic N) is 2. The zero-order valence-electron chi connectivity index (χ0n) is 12.1. The van der Waals surface area contributed by atoms with Crippen LogP contribution in [0.15, 0.2) is 0 Å². The zero-order valence-corrected chi connectivity index (χ0v) is 12.9. The average Bonchev–Trinajstić information content (AvgIpc) is 2.98. The van der Waals surface area contributed by atoms with Crippen LogP contribution in [0.2, 0.25) is 0 Å². The number of aromatic nitrogens is 2. The number of aryl methyl sites for hydroxylation is 2. The fraction of sp³-hybridized carbons (Fsp3) is 0.571. The molecular formula is C14H20N4OS. The number of ether oxygens (including phenoxy) is 1. The fourth-order valence-corrected chi connectivity index (χ4v) is 4.19. The molecule has 3 rings (SSSR count). The molecule has 2 aromatic rings. The maximum absolute atomic E-state index is 5.68. The van der Waals surface area contributed by atoms with Crippen LogP contribution in [0.4, 0.5) is 5.82 Å². The van der Waals surface area contributed by atoms with Gasteiger partial charge in [-0.3, -0.25) is 0 Å². The van der Waals surface area contributed by atoms with Crippen LogP contribution in [-0.2, 0) is 17.6 Å². The van der Waals surface area contributed by atoms with Gasteiger partial charge in [0.2, 0.25) is 0 Å². The number of thiophene rings is 1. The molecule has 0 radical (unpaired) electrons. The largest absolute Gasteiger partial charge is 0.373 e. The van der Waals surface area contributed by atoms with Crippen LogP contribution in [-0.4, -0.2) is 17.1 Å². The molecule has 0 spiro atoms. The Kier molecular flexibility index (Phi) is 3.62. The summed E-state index contributed by atoms with van der Waals surface area (Å²) >= 11 is 1.77. The molecule has 0 bridgehead atoms. The van der Waals surface area contributed by atoms with Gasteiger partial charge in [0.15, 0.2) is 11.6 Å². The summed E-state index contributed by atoms with van der Waals surface area (Å²) in [6.07, 6.45) is 3.36. The summed E-state index contributed by atoms with van der Waals surface area (Å²) in [5.74, 6) is 7.43. The Morgan fingerprint density at radius 1 is 1.30 bits per heavy atom. The van der Waals surface area contributed by atoms with E-state index in [0.717, 1.165) is 28.9 Å². The van der Waals surface area contributed by atoms with Gasteiger partial charge in [0.05, 0.1) is 5.39 Å². The number of nitrogen functional groups attached to an aromatic ring is 1. The van der Waals surface area contributed by atoms with E-state index in [2.05, 4.69) is 24.3 Å². The van der Waals surface area contributed by atoms with Crippen LogP contribution in [0.5, 0.6) is 0 Å². The van der Waals surface area contributed by atoms with Crippen molar-refractivity contribution in [1.82, 2.24) is 9.97 Å². The van der Waals surface area contributed by atoms with E-state index >= 15 is 0 Å². The molecule has 2 heterocycles. The number of nitrogens with one attached hydrogen (secondary N) is 1. The van der Waals surface area contributed by atoms with E-state index in [1.54, 1.807) is 18.4 Å². The van der Waals surface area contributed by atoms with Crippen LogP contribution in [0.1, 0.15) is 42.6 Å². The molecule has 6 heteroatoms. The molecule has 108 valence electrons. The second kappa shape index (κ2) is 5.27. The van der Waals surface area contributed by atoms with Crippen LogP contribution < -0.4 is 11.3 Å². The molecule has 1 aliphatic carbocycles. The predicted molar refractivity (Wildman–Crippen MR) is 81.8 cm³/mol. The van der Waals surface area contributed by atoms with Crippen molar-refractivity contribution in [2.45, 2.75) is 39.2 Å². The molecule has 0 saturated carbocycles. The van der Waals surface area contributed by atoms with E-state index < -0.39 is 0 Å². The highest BCUT2D eigenvalue weighted by Crippen LogP contribution is 2.40. The van der Waals surface area contributed by atoms with Crippen molar-refractivity contribution in [2.75, 3.05) is 12.5 Å². The maximum Gasteiger partial charge on any atom is 0.161 e. The zero-order chi connectivity index (χ0) is 14.3. The molecule has 0 amide bonds. The van der Waals surface area contributed by atoms with E-state index in [-0.39, 0.29) is 6.10 Å². The van der Waals surface area contributed by atoms with Gasteiger partial charge in [0, 0.05) is 12.0 Å². The molecule has 0 fully saturated rings. The topological polar surface area (TPSA) is 73.1 Å². The molecule has 1 unspecified atom stereocenters. The van der Waals surface area contributed by atoms with Gasteiger partial charge in [-0.1, -0.05) is 13.8 Å². The summed E-state index contributed by atoms with van der Waals surface area (Å²) in [7, 11) is 1.70. The van der Waals surface area contributed by atoms with E-state index in [0.29, 0.717) is 11.7 Å². The van der Waals surface area contributed by atoms with Gasteiger partial charge < -0.3 is 10.2 Å². The Morgan fingerprint density at radius 2 is 2.10 bits per heavy atom. The molecule has 0 aliphatic heterocycles. The van der Waals surface area contributed by atoms with Crippen molar-refractivity contribution in [2.24, 2.45) is 11.8 Å². The van der Waals surface area contributed by atoms with Crippen LogP contribution in [0.25, 0.3) is 10.2 Å². The van der Waals surface area contributed by atoms with Crippen molar-refractivity contribution in [1.29, 1.82) is 0 Å². The van der Waals surface area contributed by atoms with E-state index in [4.69, 9.17) is 15.6 Å². The number of hydrazine groups is 1. The van der Waals surface area contributed by atoms with Crippen LogP contribution in [0, 0.1) is 5.92 Å². The molecule has 1 aliphatic rings. The third kappa shape index (κ3) is 2.08. The number of hydrogen-bond acceptors (Lipinski definition) is 6. The lowest BCUT2D eigenvalue weighted by Crippen LogP contribution is -2.16. The van der Waals surface area contributed by atoms with Crippen molar-refractivity contribution in [3.63, 3.8) is 0 Å². The smallest absolute Gasteiger partial charge is 0.161 e. The van der Waals surface area contributed by atoms with Gasteiger partial charge in [-0.15, -0.1) is 11.3 Å². The molecule has 1 atom stereocenters. The highest BCUT2D eigenvalue weighted by Gasteiger charge is 2.25. The van der Waals surface area contributed by atoms with Gasteiger partial charge in [-0.05, 0) is 30.7 Å². The number of nitrogens with two attached hydrogens (primary N) is 1. The first-order chi connectivity index (χ1) is 9.65. The Hall–Kier alpha value is -1.24. The van der Waals surface area contributed by atoms with Gasteiger partial charge in [-0.2, -0.15) is 0 Å². The first kappa shape index (κ1) is 13.7. The van der Waals surface area contributed by atoms with Crippen LogP contribution >= 0.6 is 11.3 Å². The van der Waals surface area contributed by atoms with Gasteiger partial charge in [0.25, 0.3) is 0 Å². The second-order valence-electron chi connectivity index (χ2n) is 5.51. The lowest BCUT2D eigenvalue weighted by Gasteiger charge is -2.18. The number of anilines is 1. The molecular weight excluding hydrogens is 272 g/mol. The average molecular weight is 292 g/mol. The van der Waals surface area contributed by atoms with Gasteiger partial charge >= 0.3 is 0 Å². The minimum absolute atomic E-state index is 0.108. The van der Waals surface area contributed by atoms with E-state index in [9.17, 15) is 0 Å². The normalized spacial score (nSPS) is 15.8. The summed E-state index contributed by atoms with van der Waals surface area (Å²) in [6.45, 7) is 4.21. The SMILES string of the molecule is COC(c1nc(NN)c2c3c(sc2n1)CCC3)C(C)C. The molecule has 20 heavy (non-hydrogen) atoms. The van der Waals surface area contributed by atoms with Crippen molar-refractivity contribution in [3.05, 3.63) is 16.3 Å². The molecule has 0 aromatic carbocycles. The first-order valence-electron chi connectivity index (χ1n) is 6.97. The lowest BCUT2D eigenvalue weighted by molar-refractivity contribution is 0.0579. The van der Waals surface area contributed by atoms with Crippen molar-refractivity contribution >= 4 is 27.4 Å². The summed E-state index contributed by atoms with van der Waals surface area (Å²) in [5, 5.41) is 1.10. The van der Waals surface area contributed by atoms with Crippen molar-refractivity contribution in [3.8, 4) is 0 Å². The Bertz CT molecular complexity index is 638. The third-order valence-corrected chi connectivity index (χ3v) is 5.02.